The number of aryl methyl sites for hydroxylation is 1. The molecule has 0 aromatic heterocycles. The number of piperidine rings is 1. The van der Waals surface area contributed by atoms with E-state index in [2.05, 4.69) is 34.2 Å². The smallest absolute Gasteiger partial charge is 0.230 e. The lowest BCUT2D eigenvalue weighted by atomic mass is 9.78. The summed E-state index contributed by atoms with van der Waals surface area (Å²) in [6, 6.07) is 6.53. The predicted molar refractivity (Wildman–Crippen MR) is 130 cm³/mol. The Morgan fingerprint density at radius 1 is 1.03 bits per heavy atom. The Labute approximate surface area is 197 Å². The van der Waals surface area contributed by atoms with Crippen LogP contribution in [0.1, 0.15) is 76.2 Å². The SMILES string of the molecule is Cc1cc(NC(=O)C2CCCC2)ccc1N1CCCC2(CCN([C@H]3CC[C@H](O)CC3)C2=O)C1. The number of hydrogen-bond acceptors (Lipinski definition) is 4. The zero-order chi connectivity index (χ0) is 23.0. The molecule has 2 N–H and O–H groups in total. The molecule has 1 aromatic carbocycles. The highest BCUT2D eigenvalue weighted by atomic mass is 16.3. The van der Waals surface area contributed by atoms with Gasteiger partial charge in [-0.2, -0.15) is 0 Å². The Kier molecular flexibility index (Phi) is 6.39. The highest BCUT2D eigenvalue weighted by Gasteiger charge is 2.50. The van der Waals surface area contributed by atoms with Gasteiger partial charge in [0.2, 0.25) is 11.8 Å². The molecule has 0 radical (unpaired) electrons. The second-order valence-electron chi connectivity index (χ2n) is 11.0. The first-order valence-electron chi connectivity index (χ1n) is 13.1. The normalized spacial score (nSPS) is 30.9. The van der Waals surface area contributed by atoms with Crippen LogP contribution in [0.5, 0.6) is 0 Å². The van der Waals surface area contributed by atoms with Crippen molar-refractivity contribution in [1.29, 1.82) is 0 Å². The summed E-state index contributed by atoms with van der Waals surface area (Å²) in [5.74, 6) is 0.658. The zero-order valence-electron chi connectivity index (χ0n) is 20.0. The van der Waals surface area contributed by atoms with Crippen LogP contribution in [0.15, 0.2) is 18.2 Å². The Bertz CT molecular complexity index is 889. The van der Waals surface area contributed by atoms with Gasteiger partial charge in [-0.15, -0.1) is 0 Å². The fourth-order valence-electron chi connectivity index (χ4n) is 6.80. The number of anilines is 2. The third-order valence-electron chi connectivity index (χ3n) is 8.76. The fraction of sp³-hybridized carbons (Fsp3) is 0.704. The maximum Gasteiger partial charge on any atom is 0.230 e. The summed E-state index contributed by atoms with van der Waals surface area (Å²) in [6.45, 7) is 4.72. The highest BCUT2D eigenvalue weighted by Crippen LogP contribution is 2.44. The van der Waals surface area contributed by atoms with Crippen LogP contribution in [-0.2, 0) is 9.59 Å². The number of nitrogens with zero attached hydrogens (tertiary/aromatic N) is 2. The van der Waals surface area contributed by atoms with E-state index in [1.165, 1.54) is 5.69 Å². The van der Waals surface area contributed by atoms with Crippen molar-refractivity contribution < 1.29 is 14.7 Å². The van der Waals surface area contributed by atoms with Gasteiger partial charge in [0.1, 0.15) is 0 Å². The fourth-order valence-corrected chi connectivity index (χ4v) is 6.80. The molecule has 1 spiro atoms. The van der Waals surface area contributed by atoms with Gasteiger partial charge >= 0.3 is 0 Å². The molecule has 4 fully saturated rings. The number of amides is 2. The van der Waals surface area contributed by atoms with E-state index in [9.17, 15) is 14.7 Å². The molecule has 6 nitrogen and oxygen atoms in total. The maximum absolute atomic E-state index is 13.6. The first-order chi connectivity index (χ1) is 15.9. The lowest BCUT2D eigenvalue weighted by molar-refractivity contribution is -0.139. The first-order valence-corrected chi connectivity index (χ1v) is 13.1. The molecule has 2 saturated heterocycles. The number of benzene rings is 1. The van der Waals surface area contributed by atoms with Crippen molar-refractivity contribution >= 4 is 23.2 Å². The van der Waals surface area contributed by atoms with Crippen molar-refractivity contribution in [2.45, 2.75) is 89.7 Å². The quantitative estimate of drug-likeness (QED) is 0.715. The second kappa shape index (κ2) is 9.28. The van der Waals surface area contributed by atoms with Gasteiger partial charge in [0.15, 0.2) is 0 Å². The summed E-state index contributed by atoms with van der Waals surface area (Å²) >= 11 is 0. The lowest BCUT2D eigenvalue weighted by Crippen LogP contribution is -2.50. The first kappa shape index (κ1) is 22.7. The molecule has 1 aromatic rings. The van der Waals surface area contributed by atoms with E-state index in [0.29, 0.717) is 11.9 Å². The Morgan fingerprint density at radius 2 is 1.79 bits per heavy atom. The minimum atomic E-state index is -0.268. The van der Waals surface area contributed by atoms with Crippen LogP contribution in [0.2, 0.25) is 0 Å². The third kappa shape index (κ3) is 4.51. The summed E-state index contributed by atoms with van der Waals surface area (Å²) < 4.78 is 0. The summed E-state index contributed by atoms with van der Waals surface area (Å²) in [5.41, 5.74) is 2.94. The van der Waals surface area contributed by atoms with Crippen molar-refractivity contribution in [3.05, 3.63) is 23.8 Å². The standard InChI is InChI=1S/C27H39N3O3/c1-19-17-21(28-25(32)20-5-2-3-6-20)7-12-24(19)29-15-4-13-27(18-29)14-16-30(26(27)33)22-8-10-23(31)11-9-22/h7,12,17,20,22-23,31H,2-6,8-11,13-16,18H2,1H3,(H,28,32)/t22-,23-,27?. The van der Waals surface area contributed by atoms with Gasteiger partial charge in [-0.3, -0.25) is 9.59 Å². The summed E-state index contributed by atoms with van der Waals surface area (Å²) in [7, 11) is 0. The van der Waals surface area contributed by atoms with Crippen molar-refractivity contribution in [3.8, 4) is 0 Å². The molecule has 1 unspecified atom stereocenters. The second-order valence-corrected chi connectivity index (χ2v) is 11.0. The molecule has 180 valence electrons. The summed E-state index contributed by atoms with van der Waals surface area (Å²) in [6.07, 6.45) is 10.6. The number of carbonyl (C=O) groups is 2. The van der Waals surface area contributed by atoms with E-state index in [0.717, 1.165) is 102 Å². The van der Waals surface area contributed by atoms with Crippen LogP contribution in [0, 0.1) is 18.3 Å². The van der Waals surface area contributed by atoms with Gasteiger partial charge in [0.25, 0.3) is 0 Å². The van der Waals surface area contributed by atoms with Gasteiger partial charge < -0.3 is 20.2 Å². The molecular formula is C27H39N3O3. The van der Waals surface area contributed by atoms with Crippen molar-refractivity contribution in [1.82, 2.24) is 4.90 Å². The van der Waals surface area contributed by atoms with Crippen LogP contribution >= 0.6 is 0 Å². The van der Waals surface area contributed by atoms with Crippen molar-refractivity contribution in [3.63, 3.8) is 0 Å². The maximum atomic E-state index is 13.6. The molecule has 5 rings (SSSR count). The molecule has 1 atom stereocenters. The summed E-state index contributed by atoms with van der Waals surface area (Å²) in [4.78, 5) is 30.7. The number of nitrogens with one attached hydrogen (secondary N) is 1. The zero-order valence-corrected chi connectivity index (χ0v) is 20.0. The topological polar surface area (TPSA) is 72.9 Å². The Balaban J connectivity index is 1.26. The molecule has 6 heteroatoms. The summed E-state index contributed by atoms with van der Waals surface area (Å²) in [5, 5.41) is 13.0. The number of hydrogen-bond donors (Lipinski definition) is 2. The Morgan fingerprint density at radius 3 is 2.52 bits per heavy atom. The molecule has 2 aliphatic carbocycles. The van der Waals surface area contributed by atoms with Gasteiger partial charge in [-0.05, 0) is 88.5 Å². The van der Waals surface area contributed by atoms with Crippen LogP contribution in [0.3, 0.4) is 0 Å². The third-order valence-corrected chi connectivity index (χ3v) is 8.76. The van der Waals surface area contributed by atoms with E-state index in [4.69, 9.17) is 0 Å². The molecular weight excluding hydrogens is 414 g/mol. The van der Waals surface area contributed by atoms with Crippen molar-refractivity contribution in [2.75, 3.05) is 29.9 Å². The average molecular weight is 454 g/mol. The van der Waals surface area contributed by atoms with Gasteiger partial charge in [-0.25, -0.2) is 0 Å². The van der Waals surface area contributed by atoms with Gasteiger partial charge in [0, 0.05) is 43.0 Å². The Hall–Kier alpha value is -2.08. The number of likely N-dealkylation sites (tertiary alicyclic amines) is 1. The largest absolute Gasteiger partial charge is 0.393 e. The minimum Gasteiger partial charge on any atom is -0.393 e. The molecule has 2 aliphatic heterocycles. The van der Waals surface area contributed by atoms with E-state index >= 15 is 0 Å². The number of rotatable bonds is 4. The number of carbonyl (C=O) groups excluding carboxylic acids is 2. The van der Waals surface area contributed by atoms with Crippen molar-refractivity contribution in [2.24, 2.45) is 11.3 Å². The highest BCUT2D eigenvalue weighted by molar-refractivity contribution is 5.93. The monoisotopic (exact) mass is 453 g/mol. The lowest BCUT2D eigenvalue weighted by Gasteiger charge is -2.42. The molecule has 0 bridgehead atoms. The number of aliphatic hydroxyl groups is 1. The van der Waals surface area contributed by atoms with E-state index in [1.807, 2.05) is 6.07 Å². The van der Waals surface area contributed by atoms with Crippen LogP contribution < -0.4 is 10.2 Å². The molecule has 2 heterocycles. The molecule has 2 amide bonds. The van der Waals surface area contributed by atoms with Crippen LogP contribution in [0.25, 0.3) is 0 Å². The van der Waals surface area contributed by atoms with E-state index in [1.54, 1.807) is 0 Å². The van der Waals surface area contributed by atoms with Crippen LogP contribution in [-0.4, -0.2) is 53.6 Å². The van der Waals surface area contributed by atoms with Gasteiger partial charge in [-0.1, -0.05) is 12.8 Å². The van der Waals surface area contributed by atoms with Crippen LogP contribution in [0.4, 0.5) is 11.4 Å². The van der Waals surface area contributed by atoms with E-state index < -0.39 is 0 Å². The predicted octanol–water partition coefficient (Wildman–Crippen LogP) is 4.25. The number of aliphatic hydroxyl groups excluding tert-OH is 1. The molecule has 2 saturated carbocycles. The molecule has 4 aliphatic rings. The minimum absolute atomic E-state index is 0.156. The van der Waals surface area contributed by atoms with Gasteiger partial charge in [0.05, 0.1) is 11.5 Å². The average Bonchev–Trinajstić information content (AvgIpc) is 3.45. The van der Waals surface area contributed by atoms with E-state index in [-0.39, 0.29) is 23.3 Å². The molecule has 33 heavy (non-hydrogen) atoms.